The molecule has 138 valence electrons. The highest BCUT2D eigenvalue weighted by Gasteiger charge is 2.32. The molecule has 4 rings (SSSR count). The van der Waals surface area contributed by atoms with E-state index in [1.165, 1.54) is 4.90 Å². The molecule has 0 spiro atoms. The van der Waals surface area contributed by atoms with Gasteiger partial charge in [-0.15, -0.1) is 11.3 Å². The molecule has 4 nitrogen and oxygen atoms in total. The minimum atomic E-state index is -4.13. The summed E-state index contributed by atoms with van der Waals surface area (Å²) in [5.74, 6) is 0. The second kappa shape index (κ2) is 7.02. The van der Waals surface area contributed by atoms with E-state index in [9.17, 15) is 13.2 Å². The lowest BCUT2D eigenvalue weighted by Gasteiger charge is -2.34. The molecule has 1 aromatic carbocycles. The van der Waals surface area contributed by atoms with Gasteiger partial charge in [0.05, 0.1) is 17.9 Å². The van der Waals surface area contributed by atoms with Crippen molar-refractivity contribution in [2.75, 3.05) is 32.7 Å². The van der Waals surface area contributed by atoms with E-state index in [-0.39, 0.29) is 0 Å². The summed E-state index contributed by atoms with van der Waals surface area (Å²) >= 11 is 1.59. The molecule has 0 amide bonds. The zero-order valence-corrected chi connectivity index (χ0v) is 14.9. The van der Waals surface area contributed by atoms with Crippen molar-refractivity contribution in [3.8, 4) is 11.3 Å². The molecule has 0 aliphatic carbocycles. The minimum Gasteiger partial charge on any atom is -0.295 e. The highest BCUT2D eigenvalue weighted by atomic mass is 32.1. The number of imidazole rings is 1. The van der Waals surface area contributed by atoms with Gasteiger partial charge in [0.1, 0.15) is 0 Å². The first-order valence-electron chi connectivity index (χ1n) is 8.51. The summed E-state index contributed by atoms with van der Waals surface area (Å²) in [7, 11) is 0. The van der Waals surface area contributed by atoms with Crippen molar-refractivity contribution in [3.63, 3.8) is 0 Å². The van der Waals surface area contributed by atoms with Crippen molar-refractivity contribution in [2.45, 2.75) is 12.7 Å². The highest BCUT2D eigenvalue weighted by molar-refractivity contribution is 7.15. The van der Waals surface area contributed by atoms with Gasteiger partial charge in [-0.05, 0) is 0 Å². The molecule has 1 aliphatic rings. The zero-order chi connectivity index (χ0) is 18.1. The number of piperazine rings is 1. The number of thiazole rings is 1. The number of fused-ring (bicyclic) bond motifs is 1. The molecule has 3 aromatic rings. The van der Waals surface area contributed by atoms with Gasteiger partial charge in [-0.2, -0.15) is 13.2 Å². The first kappa shape index (κ1) is 17.5. The molecule has 26 heavy (non-hydrogen) atoms. The second-order valence-corrected chi connectivity index (χ2v) is 7.37. The maximum absolute atomic E-state index is 12.6. The van der Waals surface area contributed by atoms with Gasteiger partial charge < -0.3 is 0 Å². The number of hydrogen-bond acceptors (Lipinski definition) is 4. The third-order valence-corrected chi connectivity index (χ3v) is 5.41. The van der Waals surface area contributed by atoms with Crippen molar-refractivity contribution in [1.82, 2.24) is 19.2 Å². The summed E-state index contributed by atoms with van der Waals surface area (Å²) in [6, 6.07) is 10.0. The molecule has 3 heterocycles. The largest absolute Gasteiger partial charge is 0.401 e. The van der Waals surface area contributed by atoms with Crippen LogP contribution in [0.25, 0.3) is 16.2 Å². The first-order chi connectivity index (χ1) is 12.5. The van der Waals surface area contributed by atoms with Crippen LogP contribution in [0, 0.1) is 0 Å². The lowest BCUT2D eigenvalue weighted by molar-refractivity contribution is -0.149. The number of nitrogens with zero attached hydrogens (tertiary/aromatic N) is 4. The van der Waals surface area contributed by atoms with Crippen molar-refractivity contribution in [2.24, 2.45) is 0 Å². The Kier molecular flexibility index (Phi) is 4.73. The number of aromatic nitrogens is 2. The highest BCUT2D eigenvalue weighted by Crippen LogP contribution is 2.28. The Bertz CT molecular complexity index is 864. The van der Waals surface area contributed by atoms with Gasteiger partial charge in [-0.25, -0.2) is 4.98 Å². The average Bonchev–Trinajstić information content (AvgIpc) is 3.19. The molecule has 8 heteroatoms. The van der Waals surface area contributed by atoms with Gasteiger partial charge in [0.2, 0.25) is 0 Å². The predicted octanol–water partition coefficient (Wildman–Crippen LogP) is 3.74. The molecule has 0 bridgehead atoms. The van der Waals surface area contributed by atoms with E-state index in [0.29, 0.717) is 32.7 Å². The first-order valence-corrected chi connectivity index (χ1v) is 9.39. The molecule has 1 fully saturated rings. The predicted molar refractivity (Wildman–Crippen MR) is 96.3 cm³/mol. The Morgan fingerprint density at radius 3 is 2.38 bits per heavy atom. The number of rotatable bonds is 4. The molecule has 0 N–H and O–H groups in total. The summed E-state index contributed by atoms with van der Waals surface area (Å²) in [5.41, 5.74) is 3.11. The third kappa shape index (κ3) is 3.77. The van der Waals surface area contributed by atoms with Crippen LogP contribution in [-0.4, -0.2) is 58.1 Å². The number of halogens is 3. The Hall–Kier alpha value is -1.90. The van der Waals surface area contributed by atoms with Crippen LogP contribution in [-0.2, 0) is 6.54 Å². The molecule has 0 unspecified atom stereocenters. The van der Waals surface area contributed by atoms with Crippen molar-refractivity contribution < 1.29 is 13.2 Å². The summed E-state index contributed by atoms with van der Waals surface area (Å²) in [5, 5.41) is 2.00. The Morgan fingerprint density at radius 1 is 1.00 bits per heavy atom. The monoisotopic (exact) mass is 380 g/mol. The van der Waals surface area contributed by atoms with Gasteiger partial charge >= 0.3 is 6.18 Å². The summed E-state index contributed by atoms with van der Waals surface area (Å²) in [6.07, 6.45) is -2.12. The SMILES string of the molecule is FC(F)(F)CN1CCN(Cc2c(-c3ccccc3)nc3sccn23)CC1. The number of alkyl halides is 3. The Morgan fingerprint density at radius 2 is 1.69 bits per heavy atom. The summed E-state index contributed by atoms with van der Waals surface area (Å²) in [6.45, 7) is 1.99. The van der Waals surface area contributed by atoms with Gasteiger partial charge in [-0.3, -0.25) is 14.2 Å². The van der Waals surface area contributed by atoms with Gasteiger partial charge in [-0.1, -0.05) is 30.3 Å². The zero-order valence-electron chi connectivity index (χ0n) is 14.1. The molecule has 2 aromatic heterocycles. The van der Waals surface area contributed by atoms with Crippen LogP contribution in [0.4, 0.5) is 13.2 Å². The van der Waals surface area contributed by atoms with E-state index in [1.807, 2.05) is 41.9 Å². The Balaban J connectivity index is 1.52. The number of benzene rings is 1. The topological polar surface area (TPSA) is 23.8 Å². The molecule has 0 saturated carbocycles. The van der Waals surface area contributed by atoms with Crippen molar-refractivity contribution in [1.29, 1.82) is 0 Å². The fraction of sp³-hybridized carbons (Fsp3) is 0.389. The van der Waals surface area contributed by atoms with E-state index >= 15 is 0 Å². The fourth-order valence-electron chi connectivity index (χ4n) is 3.38. The molecular formula is C18H19F3N4S. The standard InChI is InChI=1S/C18H19F3N4S/c19-18(20,21)13-24-8-6-23(7-9-24)12-15-16(14-4-2-1-3-5-14)22-17-25(15)10-11-26-17/h1-5,10-11H,6-9,12-13H2. The minimum absolute atomic E-state index is 0.436. The van der Waals surface area contributed by atoms with Crippen LogP contribution in [0.15, 0.2) is 41.9 Å². The normalized spacial score (nSPS) is 17.2. The molecule has 0 radical (unpaired) electrons. The maximum atomic E-state index is 12.6. The van der Waals surface area contributed by atoms with E-state index in [4.69, 9.17) is 4.98 Å². The van der Waals surface area contributed by atoms with Gasteiger partial charge in [0.25, 0.3) is 0 Å². The average molecular weight is 380 g/mol. The van der Waals surface area contributed by atoms with E-state index in [1.54, 1.807) is 11.3 Å². The lowest BCUT2D eigenvalue weighted by Crippen LogP contribution is -2.48. The lowest BCUT2D eigenvalue weighted by atomic mass is 10.1. The molecule has 1 saturated heterocycles. The Labute approximate surface area is 153 Å². The van der Waals surface area contributed by atoms with Gasteiger partial charge in [0, 0.05) is 49.9 Å². The van der Waals surface area contributed by atoms with E-state index in [0.717, 1.165) is 21.9 Å². The van der Waals surface area contributed by atoms with Crippen LogP contribution in [0.1, 0.15) is 5.69 Å². The van der Waals surface area contributed by atoms with Crippen molar-refractivity contribution in [3.05, 3.63) is 47.6 Å². The third-order valence-electron chi connectivity index (χ3n) is 4.65. The molecule has 1 aliphatic heterocycles. The molecular weight excluding hydrogens is 361 g/mol. The summed E-state index contributed by atoms with van der Waals surface area (Å²) < 4.78 is 39.8. The van der Waals surface area contributed by atoms with Crippen LogP contribution in [0.3, 0.4) is 0 Å². The van der Waals surface area contributed by atoms with E-state index in [2.05, 4.69) is 9.30 Å². The number of hydrogen-bond donors (Lipinski definition) is 0. The van der Waals surface area contributed by atoms with Crippen LogP contribution in [0.5, 0.6) is 0 Å². The van der Waals surface area contributed by atoms with E-state index < -0.39 is 12.7 Å². The fourth-order valence-corrected chi connectivity index (χ4v) is 4.11. The van der Waals surface area contributed by atoms with Gasteiger partial charge in [0.15, 0.2) is 4.96 Å². The quantitative estimate of drug-likeness (QED) is 0.689. The maximum Gasteiger partial charge on any atom is 0.401 e. The molecule has 0 atom stereocenters. The van der Waals surface area contributed by atoms with Crippen LogP contribution < -0.4 is 0 Å². The smallest absolute Gasteiger partial charge is 0.295 e. The van der Waals surface area contributed by atoms with Crippen LogP contribution in [0.2, 0.25) is 0 Å². The second-order valence-electron chi connectivity index (χ2n) is 6.50. The van der Waals surface area contributed by atoms with Crippen molar-refractivity contribution >= 4 is 16.3 Å². The van der Waals surface area contributed by atoms with Crippen LogP contribution >= 0.6 is 11.3 Å². The summed E-state index contributed by atoms with van der Waals surface area (Å²) in [4.78, 5) is 9.39.